The predicted molar refractivity (Wildman–Crippen MR) is 51.0 cm³/mol. The lowest BCUT2D eigenvalue weighted by molar-refractivity contribution is 0.660. The lowest BCUT2D eigenvalue weighted by Crippen LogP contribution is -2.20. The summed E-state index contributed by atoms with van der Waals surface area (Å²) in [5, 5.41) is 2.96. The maximum atomic E-state index is 11.1. The Kier molecular flexibility index (Phi) is 2.04. The van der Waals surface area contributed by atoms with E-state index in [9.17, 15) is 4.79 Å². The topological polar surface area (TPSA) is 57.8 Å². The maximum absolute atomic E-state index is 11.1. The molecule has 0 aliphatic heterocycles. The van der Waals surface area contributed by atoms with Crippen LogP contribution < -0.4 is 11.0 Å². The normalized spacial score (nSPS) is 15.2. The van der Waals surface area contributed by atoms with Crippen LogP contribution in [0.25, 0.3) is 0 Å². The molecule has 1 aliphatic rings. The molecule has 0 amide bonds. The van der Waals surface area contributed by atoms with E-state index in [4.69, 9.17) is 0 Å². The molecule has 1 aliphatic carbocycles. The summed E-state index contributed by atoms with van der Waals surface area (Å²) in [5.74, 6) is 0.749. The monoisotopic (exact) mass is 179 g/mol. The first-order valence-electron chi connectivity index (χ1n) is 4.61. The lowest BCUT2D eigenvalue weighted by Gasteiger charge is -2.16. The van der Waals surface area contributed by atoms with Crippen molar-refractivity contribution < 1.29 is 0 Å². The Hall–Kier alpha value is -1.32. The Bertz CT molecular complexity index is 349. The molecule has 0 atom stereocenters. The number of anilines is 1. The van der Waals surface area contributed by atoms with Crippen molar-refractivity contribution >= 4 is 5.82 Å². The highest BCUT2D eigenvalue weighted by molar-refractivity contribution is 5.46. The van der Waals surface area contributed by atoms with Crippen molar-refractivity contribution in [2.24, 2.45) is 0 Å². The van der Waals surface area contributed by atoms with E-state index in [2.05, 4.69) is 15.3 Å². The van der Waals surface area contributed by atoms with Gasteiger partial charge in [-0.15, -0.1) is 0 Å². The van der Waals surface area contributed by atoms with Gasteiger partial charge in [-0.05, 0) is 25.7 Å². The van der Waals surface area contributed by atoms with Gasteiger partial charge in [0.1, 0.15) is 5.82 Å². The number of rotatable bonds is 1. The minimum absolute atomic E-state index is 0.245. The number of hydrogen-bond acceptors (Lipinski definition) is 3. The number of aromatic amines is 1. The molecule has 0 unspecified atom stereocenters. The summed E-state index contributed by atoms with van der Waals surface area (Å²) in [6.45, 7) is 0. The van der Waals surface area contributed by atoms with Gasteiger partial charge in [0.2, 0.25) is 0 Å². The number of hydrogen-bond donors (Lipinski definition) is 2. The second-order valence-corrected chi connectivity index (χ2v) is 3.30. The first kappa shape index (κ1) is 8.29. The van der Waals surface area contributed by atoms with Crippen LogP contribution in [0.2, 0.25) is 0 Å². The quantitative estimate of drug-likeness (QED) is 0.667. The molecule has 1 aromatic heterocycles. The van der Waals surface area contributed by atoms with Gasteiger partial charge in [-0.2, -0.15) is 4.98 Å². The molecule has 13 heavy (non-hydrogen) atoms. The van der Waals surface area contributed by atoms with Crippen molar-refractivity contribution in [3.63, 3.8) is 0 Å². The lowest BCUT2D eigenvalue weighted by atomic mass is 9.96. The van der Waals surface area contributed by atoms with Gasteiger partial charge >= 0.3 is 5.69 Å². The van der Waals surface area contributed by atoms with Crippen LogP contribution in [-0.2, 0) is 12.8 Å². The van der Waals surface area contributed by atoms with Crippen molar-refractivity contribution in [1.82, 2.24) is 9.97 Å². The van der Waals surface area contributed by atoms with Crippen LogP contribution in [0.3, 0.4) is 0 Å². The van der Waals surface area contributed by atoms with Gasteiger partial charge in [-0.3, -0.25) is 0 Å². The number of fused-ring (bicyclic) bond motifs is 1. The largest absolute Gasteiger partial charge is 0.373 e. The van der Waals surface area contributed by atoms with Crippen LogP contribution >= 0.6 is 0 Å². The molecular weight excluding hydrogens is 166 g/mol. The van der Waals surface area contributed by atoms with Crippen molar-refractivity contribution in [2.75, 3.05) is 12.4 Å². The van der Waals surface area contributed by atoms with Gasteiger partial charge in [0.25, 0.3) is 0 Å². The standard InChI is InChI=1S/C9H13N3O/c1-10-8-6-4-2-3-5-7(6)11-9(13)12-8/h2-5H2,1H3,(H2,10,11,12,13). The summed E-state index contributed by atoms with van der Waals surface area (Å²) >= 11 is 0. The fourth-order valence-electron chi connectivity index (χ4n) is 1.84. The average molecular weight is 179 g/mol. The van der Waals surface area contributed by atoms with Crippen LogP contribution in [0, 0.1) is 0 Å². The number of nitrogens with zero attached hydrogens (tertiary/aromatic N) is 1. The Morgan fingerprint density at radius 3 is 2.92 bits per heavy atom. The average Bonchev–Trinajstić information content (AvgIpc) is 2.16. The fraction of sp³-hybridized carbons (Fsp3) is 0.556. The molecule has 2 N–H and O–H groups in total. The molecule has 0 fully saturated rings. The molecule has 0 spiro atoms. The van der Waals surface area contributed by atoms with Crippen molar-refractivity contribution in [3.05, 3.63) is 21.7 Å². The Balaban J connectivity index is 2.57. The fourth-order valence-corrected chi connectivity index (χ4v) is 1.84. The molecule has 0 bridgehead atoms. The molecule has 0 saturated carbocycles. The third-order valence-electron chi connectivity index (χ3n) is 2.46. The maximum Gasteiger partial charge on any atom is 0.347 e. The Morgan fingerprint density at radius 2 is 2.15 bits per heavy atom. The highest BCUT2D eigenvalue weighted by Crippen LogP contribution is 2.22. The molecule has 0 radical (unpaired) electrons. The van der Waals surface area contributed by atoms with E-state index in [1.54, 1.807) is 7.05 Å². The summed E-state index contributed by atoms with van der Waals surface area (Å²) in [6, 6.07) is 0. The molecule has 70 valence electrons. The van der Waals surface area contributed by atoms with Crippen LogP contribution in [0.15, 0.2) is 4.79 Å². The molecule has 0 aromatic carbocycles. The third-order valence-corrected chi connectivity index (χ3v) is 2.46. The SMILES string of the molecule is CNc1nc(=O)[nH]c2c1CCCC2. The number of aromatic nitrogens is 2. The van der Waals surface area contributed by atoms with Crippen LogP contribution in [-0.4, -0.2) is 17.0 Å². The van der Waals surface area contributed by atoms with E-state index >= 15 is 0 Å². The van der Waals surface area contributed by atoms with Crippen LogP contribution in [0.5, 0.6) is 0 Å². The van der Waals surface area contributed by atoms with E-state index in [0.29, 0.717) is 0 Å². The van der Waals surface area contributed by atoms with E-state index < -0.39 is 0 Å². The van der Waals surface area contributed by atoms with E-state index in [0.717, 1.165) is 30.8 Å². The molecule has 4 nitrogen and oxygen atoms in total. The molecule has 1 heterocycles. The summed E-state index contributed by atoms with van der Waals surface area (Å²) < 4.78 is 0. The summed E-state index contributed by atoms with van der Waals surface area (Å²) in [7, 11) is 1.80. The first-order valence-corrected chi connectivity index (χ1v) is 4.61. The van der Waals surface area contributed by atoms with Crippen molar-refractivity contribution in [1.29, 1.82) is 0 Å². The molecular formula is C9H13N3O. The molecule has 2 rings (SSSR count). The van der Waals surface area contributed by atoms with Gasteiger partial charge in [-0.25, -0.2) is 4.79 Å². The van der Waals surface area contributed by atoms with Gasteiger partial charge in [-0.1, -0.05) is 0 Å². The summed E-state index contributed by atoms with van der Waals surface area (Å²) in [4.78, 5) is 17.8. The van der Waals surface area contributed by atoms with Gasteiger partial charge < -0.3 is 10.3 Å². The Labute approximate surface area is 76.4 Å². The first-order chi connectivity index (χ1) is 6.31. The zero-order valence-electron chi connectivity index (χ0n) is 7.68. The second-order valence-electron chi connectivity index (χ2n) is 3.30. The second kappa shape index (κ2) is 3.20. The van der Waals surface area contributed by atoms with E-state index in [1.165, 1.54) is 12.0 Å². The number of nitrogens with one attached hydrogen (secondary N) is 2. The number of aryl methyl sites for hydroxylation is 1. The predicted octanol–water partition coefficient (Wildman–Crippen LogP) is 0.690. The molecule has 1 aromatic rings. The highest BCUT2D eigenvalue weighted by Gasteiger charge is 2.14. The highest BCUT2D eigenvalue weighted by atomic mass is 16.1. The third kappa shape index (κ3) is 1.43. The number of H-pyrrole nitrogens is 1. The van der Waals surface area contributed by atoms with Crippen molar-refractivity contribution in [3.8, 4) is 0 Å². The van der Waals surface area contributed by atoms with Gasteiger partial charge in [0.05, 0.1) is 0 Å². The zero-order valence-corrected chi connectivity index (χ0v) is 7.68. The minimum Gasteiger partial charge on any atom is -0.373 e. The smallest absolute Gasteiger partial charge is 0.347 e. The van der Waals surface area contributed by atoms with Crippen LogP contribution in [0.4, 0.5) is 5.82 Å². The minimum atomic E-state index is -0.245. The molecule has 4 heteroatoms. The van der Waals surface area contributed by atoms with Crippen LogP contribution in [0.1, 0.15) is 24.1 Å². The van der Waals surface area contributed by atoms with Crippen molar-refractivity contribution in [2.45, 2.75) is 25.7 Å². The molecule has 0 saturated heterocycles. The summed E-state index contributed by atoms with van der Waals surface area (Å²) in [6.07, 6.45) is 4.35. The van der Waals surface area contributed by atoms with E-state index in [1.807, 2.05) is 0 Å². The summed E-state index contributed by atoms with van der Waals surface area (Å²) in [5.41, 5.74) is 2.01. The van der Waals surface area contributed by atoms with Gasteiger partial charge in [0.15, 0.2) is 0 Å². The van der Waals surface area contributed by atoms with E-state index in [-0.39, 0.29) is 5.69 Å². The van der Waals surface area contributed by atoms with Gasteiger partial charge in [0, 0.05) is 18.3 Å². The Morgan fingerprint density at radius 1 is 1.38 bits per heavy atom. The zero-order chi connectivity index (χ0) is 9.26.